The molecule has 4 N–H and O–H groups in total. The quantitative estimate of drug-likeness (QED) is 0.230. The van der Waals surface area contributed by atoms with E-state index in [0.717, 1.165) is 51.4 Å². The number of aliphatic hydroxyl groups is 4. The van der Waals surface area contributed by atoms with Gasteiger partial charge in [-0.3, -0.25) is 0 Å². The smallest absolute Gasteiger partial charge is 0.0619 e. The molecule has 0 aliphatic heterocycles. The molecule has 1 aliphatic carbocycles. The standard InChI is InChI=1S/C27H55O4P/c1-19(12-13-23-18-24(29)21(3)22(4)25(23)32)10-7-14-26(5,30)16-9-17-27(6,31)15-8-11-20(2)28/h19-25,28-31H,7-18,32H2,1-6H3. The number of aliphatic hydroxyl groups excluding tert-OH is 2. The Bertz CT molecular complexity index is 508. The van der Waals surface area contributed by atoms with E-state index < -0.39 is 11.2 Å². The van der Waals surface area contributed by atoms with E-state index in [9.17, 15) is 20.4 Å². The van der Waals surface area contributed by atoms with Crippen LogP contribution in [0.5, 0.6) is 0 Å². The zero-order chi connectivity index (χ0) is 24.5. The summed E-state index contributed by atoms with van der Waals surface area (Å²) in [7, 11) is 3.05. The second kappa shape index (κ2) is 14.0. The summed E-state index contributed by atoms with van der Waals surface area (Å²) in [4.78, 5) is 0. The fourth-order valence-electron chi connectivity index (χ4n) is 5.48. The monoisotopic (exact) mass is 474 g/mol. The highest BCUT2D eigenvalue weighted by molar-refractivity contribution is 7.17. The van der Waals surface area contributed by atoms with Crippen molar-refractivity contribution in [2.75, 3.05) is 0 Å². The van der Waals surface area contributed by atoms with Crippen molar-refractivity contribution in [3.63, 3.8) is 0 Å². The molecular formula is C27H55O4P. The minimum absolute atomic E-state index is 0.156. The van der Waals surface area contributed by atoms with Gasteiger partial charge in [-0.1, -0.05) is 40.0 Å². The lowest BCUT2D eigenvalue weighted by atomic mass is 9.71. The lowest BCUT2D eigenvalue weighted by Gasteiger charge is -2.42. The van der Waals surface area contributed by atoms with Crippen LogP contribution in [0.1, 0.15) is 119 Å². The summed E-state index contributed by atoms with van der Waals surface area (Å²) in [5, 5.41) is 41.0. The zero-order valence-corrected chi connectivity index (χ0v) is 23.0. The van der Waals surface area contributed by atoms with Gasteiger partial charge in [0, 0.05) is 0 Å². The summed E-state index contributed by atoms with van der Waals surface area (Å²) in [6.45, 7) is 12.4. The highest BCUT2D eigenvalue weighted by atomic mass is 31.0. The fourth-order valence-corrected chi connectivity index (χ4v) is 6.18. The van der Waals surface area contributed by atoms with Gasteiger partial charge in [-0.25, -0.2) is 0 Å². The van der Waals surface area contributed by atoms with Crippen molar-refractivity contribution in [1.82, 2.24) is 0 Å². The minimum Gasteiger partial charge on any atom is -0.393 e. The Labute approximate surface area is 201 Å². The first-order valence-electron chi connectivity index (χ1n) is 13.3. The summed E-state index contributed by atoms with van der Waals surface area (Å²) >= 11 is 0. The Morgan fingerprint density at radius 1 is 0.844 bits per heavy atom. The van der Waals surface area contributed by atoms with Gasteiger partial charge in [0.25, 0.3) is 0 Å². The van der Waals surface area contributed by atoms with Gasteiger partial charge in [0.2, 0.25) is 0 Å². The zero-order valence-electron chi connectivity index (χ0n) is 21.9. The van der Waals surface area contributed by atoms with Crippen LogP contribution in [-0.2, 0) is 0 Å². The number of hydrogen-bond acceptors (Lipinski definition) is 4. The molecule has 10 unspecified atom stereocenters. The predicted molar refractivity (Wildman–Crippen MR) is 139 cm³/mol. The Kier molecular flexibility index (Phi) is 13.2. The maximum absolute atomic E-state index is 10.8. The summed E-state index contributed by atoms with van der Waals surface area (Å²) in [6.07, 6.45) is 10.3. The van der Waals surface area contributed by atoms with E-state index in [-0.39, 0.29) is 12.2 Å². The molecular weight excluding hydrogens is 419 g/mol. The Morgan fingerprint density at radius 3 is 1.88 bits per heavy atom. The van der Waals surface area contributed by atoms with E-state index >= 15 is 0 Å². The second-order valence-corrected chi connectivity index (χ2v) is 12.8. The molecule has 0 aromatic rings. The van der Waals surface area contributed by atoms with Crippen molar-refractivity contribution >= 4 is 9.24 Å². The molecule has 192 valence electrons. The summed E-state index contributed by atoms with van der Waals surface area (Å²) in [5.41, 5.74) is -0.776. The van der Waals surface area contributed by atoms with E-state index in [1.807, 2.05) is 13.8 Å². The average Bonchev–Trinajstić information content (AvgIpc) is 2.67. The molecule has 0 aromatic carbocycles. The summed E-state index contributed by atoms with van der Waals surface area (Å²) in [6, 6.07) is 0. The Morgan fingerprint density at radius 2 is 1.34 bits per heavy atom. The Balaban J connectivity index is 2.24. The van der Waals surface area contributed by atoms with Gasteiger partial charge >= 0.3 is 0 Å². The van der Waals surface area contributed by atoms with Crippen molar-refractivity contribution in [3.05, 3.63) is 0 Å². The molecule has 0 radical (unpaired) electrons. The first-order valence-corrected chi connectivity index (χ1v) is 14.0. The van der Waals surface area contributed by atoms with Crippen LogP contribution in [-0.4, -0.2) is 49.5 Å². The van der Waals surface area contributed by atoms with Crippen LogP contribution < -0.4 is 0 Å². The van der Waals surface area contributed by atoms with Crippen LogP contribution in [0.2, 0.25) is 0 Å². The summed E-state index contributed by atoms with van der Waals surface area (Å²) in [5.74, 6) is 2.18. The van der Waals surface area contributed by atoms with Gasteiger partial charge in [0.15, 0.2) is 0 Å². The molecule has 1 saturated carbocycles. The number of hydrogen-bond donors (Lipinski definition) is 4. The van der Waals surface area contributed by atoms with Gasteiger partial charge in [0.05, 0.1) is 23.4 Å². The number of rotatable bonds is 15. The van der Waals surface area contributed by atoms with E-state index in [1.54, 1.807) is 6.92 Å². The molecule has 0 aromatic heterocycles. The molecule has 1 fully saturated rings. The van der Waals surface area contributed by atoms with Crippen LogP contribution in [0.3, 0.4) is 0 Å². The third-order valence-electron chi connectivity index (χ3n) is 8.34. The van der Waals surface area contributed by atoms with Crippen molar-refractivity contribution in [1.29, 1.82) is 0 Å². The van der Waals surface area contributed by atoms with E-state index in [1.165, 1.54) is 12.8 Å². The first kappa shape index (κ1) is 30.3. The molecule has 1 rings (SSSR count). The largest absolute Gasteiger partial charge is 0.393 e. The molecule has 4 nitrogen and oxygen atoms in total. The lowest BCUT2D eigenvalue weighted by molar-refractivity contribution is 0.00912. The van der Waals surface area contributed by atoms with Crippen LogP contribution in [0.25, 0.3) is 0 Å². The molecule has 0 spiro atoms. The van der Waals surface area contributed by atoms with Gasteiger partial charge in [0.1, 0.15) is 0 Å². The maximum Gasteiger partial charge on any atom is 0.0619 e. The van der Waals surface area contributed by atoms with Gasteiger partial charge in [-0.05, 0) is 108 Å². The van der Waals surface area contributed by atoms with Gasteiger partial charge in [-0.15, -0.1) is 9.24 Å². The molecule has 0 heterocycles. The van der Waals surface area contributed by atoms with Crippen molar-refractivity contribution in [2.45, 2.75) is 148 Å². The molecule has 1 aliphatic rings. The van der Waals surface area contributed by atoms with Crippen molar-refractivity contribution in [2.24, 2.45) is 23.7 Å². The topological polar surface area (TPSA) is 80.9 Å². The minimum atomic E-state index is -0.711. The molecule has 0 bridgehead atoms. The SMILES string of the molecule is CC(O)CCCC(C)(O)CCCC(C)(O)CCCC(C)CCC1CC(O)C(C)C(C)C1P. The van der Waals surface area contributed by atoms with Gasteiger partial charge < -0.3 is 20.4 Å². The maximum atomic E-state index is 10.8. The predicted octanol–water partition coefficient (Wildman–Crippen LogP) is 5.69. The third-order valence-corrected chi connectivity index (χ3v) is 9.49. The summed E-state index contributed by atoms with van der Waals surface area (Å²) < 4.78 is 0. The van der Waals surface area contributed by atoms with Gasteiger partial charge in [-0.2, -0.15) is 0 Å². The molecule has 32 heavy (non-hydrogen) atoms. The van der Waals surface area contributed by atoms with E-state index in [4.69, 9.17) is 0 Å². The van der Waals surface area contributed by atoms with Crippen LogP contribution in [0.4, 0.5) is 0 Å². The molecule has 10 atom stereocenters. The van der Waals surface area contributed by atoms with Crippen LogP contribution >= 0.6 is 9.24 Å². The third kappa shape index (κ3) is 11.6. The highest BCUT2D eigenvalue weighted by Gasteiger charge is 2.37. The fraction of sp³-hybridized carbons (Fsp3) is 1.00. The van der Waals surface area contributed by atoms with E-state index in [0.29, 0.717) is 42.2 Å². The lowest BCUT2D eigenvalue weighted by Crippen LogP contribution is -2.41. The van der Waals surface area contributed by atoms with Crippen LogP contribution in [0, 0.1) is 23.7 Å². The van der Waals surface area contributed by atoms with Crippen LogP contribution in [0.15, 0.2) is 0 Å². The second-order valence-electron chi connectivity index (χ2n) is 12.0. The average molecular weight is 475 g/mol. The van der Waals surface area contributed by atoms with E-state index in [2.05, 4.69) is 30.0 Å². The highest BCUT2D eigenvalue weighted by Crippen LogP contribution is 2.41. The van der Waals surface area contributed by atoms with Crippen molar-refractivity contribution in [3.8, 4) is 0 Å². The van der Waals surface area contributed by atoms with Crippen molar-refractivity contribution < 1.29 is 20.4 Å². The molecule has 0 saturated heterocycles. The normalized spacial score (nSPS) is 32.2. The molecule has 5 heteroatoms. The Hall–Kier alpha value is 0.270. The molecule has 0 amide bonds. The first-order chi connectivity index (χ1) is 14.7.